The molecule has 106 valence electrons. The van der Waals surface area contributed by atoms with Crippen molar-refractivity contribution in [3.05, 3.63) is 58.3 Å². The Hall–Kier alpha value is -1.39. The summed E-state index contributed by atoms with van der Waals surface area (Å²) in [6.45, 7) is 5.68. The van der Waals surface area contributed by atoms with Crippen LogP contribution >= 0.6 is 15.9 Å². The van der Waals surface area contributed by atoms with Gasteiger partial charge in [0, 0.05) is 25.5 Å². The first-order chi connectivity index (χ1) is 9.65. The van der Waals surface area contributed by atoms with E-state index in [0.29, 0.717) is 0 Å². The summed E-state index contributed by atoms with van der Waals surface area (Å²) in [6, 6.07) is 10.2. The molecule has 0 aliphatic carbocycles. The molecule has 0 saturated carbocycles. The van der Waals surface area contributed by atoms with Crippen LogP contribution < -0.4 is 10.1 Å². The Kier molecular flexibility index (Phi) is 5.56. The van der Waals surface area contributed by atoms with Crippen molar-refractivity contribution in [3.8, 4) is 5.75 Å². The normalized spacial score (nSPS) is 10.8. The van der Waals surface area contributed by atoms with Gasteiger partial charge in [-0.15, -0.1) is 0 Å². The van der Waals surface area contributed by atoms with E-state index in [1.165, 1.54) is 11.1 Å². The van der Waals surface area contributed by atoms with Crippen LogP contribution in [0.3, 0.4) is 0 Å². The molecule has 0 bridgehead atoms. The highest BCUT2D eigenvalue weighted by molar-refractivity contribution is 9.10. The molecule has 20 heavy (non-hydrogen) atoms. The van der Waals surface area contributed by atoms with Gasteiger partial charge in [-0.05, 0) is 59.1 Å². The Bertz CT molecular complexity index is 543. The van der Waals surface area contributed by atoms with Crippen LogP contribution in [-0.2, 0) is 13.1 Å². The van der Waals surface area contributed by atoms with Gasteiger partial charge in [0.05, 0.1) is 10.6 Å². The van der Waals surface area contributed by atoms with E-state index in [2.05, 4.69) is 44.4 Å². The minimum Gasteiger partial charge on any atom is -0.490 e. The zero-order valence-electron chi connectivity index (χ0n) is 11.8. The lowest BCUT2D eigenvalue weighted by Gasteiger charge is -2.12. The predicted octanol–water partition coefficient (Wildman–Crippen LogP) is 3.92. The van der Waals surface area contributed by atoms with E-state index in [0.717, 1.165) is 23.3 Å². The molecule has 0 saturated heterocycles. The van der Waals surface area contributed by atoms with Crippen molar-refractivity contribution in [3.63, 3.8) is 0 Å². The highest BCUT2D eigenvalue weighted by Gasteiger charge is 2.04. The molecule has 0 atom stereocenters. The fraction of sp³-hybridized carbons (Fsp3) is 0.312. The standard InChI is InChI=1S/C16H19BrN2O/c1-12(2)20-16-6-5-13(8-15(16)17)9-19-11-14-4-3-7-18-10-14/h3-8,10,12,19H,9,11H2,1-2H3. The van der Waals surface area contributed by atoms with E-state index in [1.807, 2.05) is 32.2 Å². The van der Waals surface area contributed by atoms with Crippen molar-refractivity contribution < 1.29 is 4.74 Å². The molecular formula is C16H19BrN2O. The molecule has 0 spiro atoms. The fourth-order valence-corrected chi connectivity index (χ4v) is 2.38. The molecular weight excluding hydrogens is 316 g/mol. The van der Waals surface area contributed by atoms with E-state index in [-0.39, 0.29) is 6.10 Å². The zero-order chi connectivity index (χ0) is 14.4. The van der Waals surface area contributed by atoms with Crippen molar-refractivity contribution in [2.24, 2.45) is 0 Å². The molecule has 3 nitrogen and oxygen atoms in total. The van der Waals surface area contributed by atoms with Crippen molar-refractivity contribution in [2.75, 3.05) is 0 Å². The fourth-order valence-electron chi connectivity index (χ4n) is 1.86. The van der Waals surface area contributed by atoms with E-state index >= 15 is 0 Å². The van der Waals surface area contributed by atoms with Crippen LogP contribution in [0.15, 0.2) is 47.2 Å². The lowest BCUT2D eigenvalue weighted by molar-refractivity contribution is 0.241. The van der Waals surface area contributed by atoms with Crippen LogP contribution in [0.25, 0.3) is 0 Å². The van der Waals surface area contributed by atoms with Crippen LogP contribution in [0.5, 0.6) is 5.75 Å². The minimum absolute atomic E-state index is 0.181. The lowest BCUT2D eigenvalue weighted by Crippen LogP contribution is -2.13. The van der Waals surface area contributed by atoms with Crippen LogP contribution in [0.2, 0.25) is 0 Å². The van der Waals surface area contributed by atoms with E-state index in [4.69, 9.17) is 4.74 Å². The van der Waals surface area contributed by atoms with Gasteiger partial charge in [-0.25, -0.2) is 0 Å². The van der Waals surface area contributed by atoms with E-state index < -0.39 is 0 Å². The Morgan fingerprint density at radius 2 is 2.00 bits per heavy atom. The molecule has 1 N–H and O–H groups in total. The smallest absolute Gasteiger partial charge is 0.133 e. The molecule has 2 rings (SSSR count). The van der Waals surface area contributed by atoms with Crippen LogP contribution in [0.1, 0.15) is 25.0 Å². The highest BCUT2D eigenvalue weighted by Crippen LogP contribution is 2.26. The molecule has 0 aliphatic heterocycles. The second-order valence-corrected chi connectivity index (χ2v) is 5.75. The number of hydrogen-bond acceptors (Lipinski definition) is 3. The Morgan fingerprint density at radius 1 is 1.20 bits per heavy atom. The first-order valence-electron chi connectivity index (χ1n) is 6.70. The van der Waals surface area contributed by atoms with Gasteiger partial charge in [-0.2, -0.15) is 0 Å². The molecule has 0 unspecified atom stereocenters. The van der Waals surface area contributed by atoms with Crippen molar-refractivity contribution >= 4 is 15.9 Å². The third-order valence-electron chi connectivity index (χ3n) is 2.74. The largest absolute Gasteiger partial charge is 0.490 e. The maximum atomic E-state index is 5.70. The Balaban J connectivity index is 1.89. The van der Waals surface area contributed by atoms with Crippen molar-refractivity contribution in [2.45, 2.75) is 33.0 Å². The second-order valence-electron chi connectivity index (χ2n) is 4.90. The number of nitrogens with one attached hydrogen (secondary N) is 1. The number of benzene rings is 1. The van der Waals surface area contributed by atoms with Crippen molar-refractivity contribution in [1.82, 2.24) is 10.3 Å². The van der Waals surface area contributed by atoms with Gasteiger partial charge >= 0.3 is 0 Å². The average Bonchev–Trinajstić information content (AvgIpc) is 2.43. The van der Waals surface area contributed by atoms with Gasteiger partial charge in [-0.3, -0.25) is 4.98 Å². The molecule has 4 heteroatoms. The molecule has 1 heterocycles. The summed E-state index contributed by atoms with van der Waals surface area (Å²) in [4.78, 5) is 4.10. The number of hydrogen-bond donors (Lipinski definition) is 1. The molecule has 1 aromatic heterocycles. The summed E-state index contributed by atoms with van der Waals surface area (Å²) in [6.07, 6.45) is 3.84. The predicted molar refractivity (Wildman–Crippen MR) is 84.7 cm³/mol. The summed E-state index contributed by atoms with van der Waals surface area (Å²) in [5.74, 6) is 0.885. The maximum absolute atomic E-state index is 5.70. The third kappa shape index (κ3) is 4.62. The molecule has 2 aromatic rings. The lowest BCUT2D eigenvalue weighted by atomic mass is 10.2. The van der Waals surface area contributed by atoms with E-state index in [9.17, 15) is 0 Å². The Morgan fingerprint density at radius 3 is 2.65 bits per heavy atom. The molecule has 0 aliphatic rings. The number of aromatic nitrogens is 1. The minimum atomic E-state index is 0.181. The summed E-state index contributed by atoms with van der Waals surface area (Å²) in [5, 5.41) is 3.40. The highest BCUT2D eigenvalue weighted by atomic mass is 79.9. The number of pyridine rings is 1. The monoisotopic (exact) mass is 334 g/mol. The van der Waals surface area contributed by atoms with Gasteiger partial charge in [0.2, 0.25) is 0 Å². The Labute approximate surface area is 128 Å². The van der Waals surface area contributed by atoms with Gasteiger partial charge < -0.3 is 10.1 Å². The zero-order valence-corrected chi connectivity index (χ0v) is 13.4. The molecule has 0 radical (unpaired) electrons. The van der Waals surface area contributed by atoms with Crippen LogP contribution in [0.4, 0.5) is 0 Å². The number of nitrogens with zero attached hydrogens (tertiary/aromatic N) is 1. The summed E-state index contributed by atoms with van der Waals surface area (Å²) in [7, 11) is 0. The first kappa shape index (κ1) is 15.0. The number of rotatable bonds is 6. The topological polar surface area (TPSA) is 34.1 Å². The first-order valence-corrected chi connectivity index (χ1v) is 7.49. The molecule has 0 amide bonds. The summed E-state index contributed by atoms with van der Waals surface area (Å²) >= 11 is 3.55. The van der Waals surface area contributed by atoms with Gasteiger partial charge in [0.25, 0.3) is 0 Å². The maximum Gasteiger partial charge on any atom is 0.133 e. The number of ether oxygens (including phenoxy) is 1. The van der Waals surface area contributed by atoms with Gasteiger partial charge in [0.15, 0.2) is 0 Å². The average molecular weight is 335 g/mol. The summed E-state index contributed by atoms with van der Waals surface area (Å²) < 4.78 is 6.69. The number of halogens is 1. The van der Waals surface area contributed by atoms with Gasteiger partial charge in [-0.1, -0.05) is 12.1 Å². The van der Waals surface area contributed by atoms with Crippen LogP contribution in [0, 0.1) is 0 Å². The van der Waals surface area contributed by atoms with Crippen LogP contribution in [-0.4, -0.2) is 11.1 Å². The molecule has 0 fully saturated rings. The third-order valence-corrected chi connectivity index (χ3v) is 3.36. The summed E-state index contributed by atoms with van der Waals surface area (Å²) in [5.41, 5.74) is 2.41. The van der Waals surface area contributed by atoms with Gasteiger partial charge in [0.1, 0.15) is 5.75 Å². The quantitative estimate of drug-likeness (QED) is 0.869. The molecule has 1 aromatic carbocycles. The SMILES string of the molecule is CC(C)Oc1ccc(CNCc2cccnc2)cc1Br. The second kappa shape index (κ2) is 7.41. The van der Waals surface area contributed by atoms with Crippen molar-refractivity contribution in [1.29, 1.82) is 0 Å². The van der Waals surface area contributed by atoms with E-state index in [1.54, 1.807) is 6.20 Å².